The van der Waals surface area contributed by atoms with Gasteiger partial charge in [-0.1, -0.05) is 18.2 Å². The number of benzene rings is 1. The van der Waals surface area contributed by atoms with Crippen molar-refractivity contribution in [2.45, 2.75) is 12.3 Å². The maximum Gasteiger partial charge on any atom is 0.264 e. The van der Waals surface area contributed by atoms with Crippen molar-refractivity contribution in [3.63, 3.8) is 0 Å². The van der Waals surface area contributed by atoms with Gasteiger partial charge in [-0.3, -0.25) is 0 Å². The van der Waals surface area contributed by atoms with Gasteiger partial charge in [0.25, 0.3) is 5.92 Å². The normalized spacial score (nSPS) is 11.6. The fourth-order valence-corrected chi connectivity index (χ4v) is 1.26. The van der Waals surface area contributed by atoms with Crippen LogP contribution >= 0.6 is 0 Å². The SMILES string of the molecule is CNCC(F)(F)Cc1ccccc1O. The number of para-hydroxylation sites is 1. The number of hydrogen-bond acceptors (Lipinski definition) is 2. The van der Waals surface area contributed by atoms with Gasteiger partial charge in [-0.15, -0.1) is 0 Å². The van der Waals surface area contributed by atoms with Crippen molar-refractivity contribution in [3.05, 3.63) is 29.8 Å². The summed E-state index contributed by atoms with van der Waals surface area (Å²) in [6.07, 6.45) is -0.444. The Balaban J connectivity index is 2.73. The molecular formula is C10H13F2NO. The lowest BCUT2D eigenvalue weighted by molar-refractivity contribution is 0.00399. The van der Waals surface area contributed by atoms with E-state index in [9.17, 15) is 13.9 Å². The molecule has 0 saturated carbocycles. The van der Waals surface area contributed by atoms with Gasteiger partial charge in [0.2, 0.25) is 0 Å². The van der Waals surface area contributed by atoms with Crippen LogP contribution in [0.2, 0.25) is 0 Å². The van der Waals surface area contributed by atoms with Crippen LogP contribution in [0.25, 0.3) is 0 Å². The van der Waals surface area contributed by atoms with Crippen LogP contribution in [0.1, 0.15) is 5.56 Å². The first-order valence-corrected chi connectivity index (χ1v) is 4.34. The predicted molar refractivity (Wildman–Crippen MR) is 50.7 cm³/mol. The van der Waals surface area contributed by atoms with E-state index in [2.05, 4.69) is 5.32 Å². The van der Waals surface area contributed by atoms with Gasteiger partial charge >= 0.3 is 0 Å². The van der Waals surface area contributed by atoms with Crippen LogP contribution in [-0.2, 0) is 6.42 Å². The Bertz CT molecular complexity index is 302. The maximum atomic E-state index is 13.1. The fourth-order valence-electron chi connectivity index (χ4n) is 1.26. The molecule has 0 heterocycles. The first-order chi connectivity index (χ1) is 6.55. The lowest BCUT2D eigenvalue weighted by atomic mass is 10.1. The van der Waals surface area contributed by atoms with Gasteiger partial charge in [-0.25, -0.2) is 8.78 Å². The quantitative estimate of drug-likeness (QED) is 0.778. The molecule has 0 unspecified atom stereocenters. The van der Waals surface area contributed by atoms with Crippen LogP contribution < -0.4 is 5.32 Å². The number of nitrogens with one attached hydrogen (secondary N) is 1. The summed E-state index contributed by atoms with van der Waals surface area (Å²) in [7, 11) is 1.47. The molecular weight excluding hydrogens is 188 g/mol. The highest BCUT2D eigenvalue weighted by atomic mass is 19.3. The van der Waals surface area contributed by atoms with E-state index in [4.69, 9.17) is 0 Å². The van der Waals surface area contributed by atoms with Crippen molar-refractivity contribution in [2.24, 2.45) is 0 Å². The number of rotatable bonds is 4. The summed E-state index contributed by atoms with van der Waals surface area (Å²) < 4.78 is 26.2. The second-order valence-corrected chi connectivity index (χ2v) is 3.19. The Hall–Kier alpha value is -1.16. The topological polar surface area (TPSA) is 32.3 Å². The largest absolute Gasteiger partial charge is 0.508 e. The zero-order chi connectivity index (χ0) is 10.6. The molecule has 2 N–H and O–H groups in total. The molecule has 0 amide bonds. The second-order valence-electron chi connectivity index (χ2n) is 3.19. The van der Waals surface area contributed by atoms with Gasteiger partial charge in [-0.2, -0.15) is 0 Å². The van der Waals surface area contributed by atoms with Crippen LogP contribution in [0.15, 0.2) is 24.3 Å². The van der Waals surface area contributed by atoms with Crippen molar-refractivity contribution in [1.29, 1.82) is 0 Å². The summed E-state index contributed by atoms with van der Waals surface area (Å²) in [6.45, 7) is -0.388. The molecule has 0 fully saturated rings. The number of halogens is 2. The summed E-state index contributed by atoms with van der Waals surface area (Å²) >= 11 is 0. The first kappa shape index (κ1) is 10.9. The average molecular weight is 201 g/mol. The molecule has 14 heavy (non-hydrogen) atoms. The van der Waals surface area contributed by atoms with E-state index in [-0.39, 0.29) is 17.9 Å². The molecule has 4 heteroatoms. The highest BCUT2D eigenvalue weighted by Crippen LogP contribution is 2.24. The Morgan fingerprint density at radius 1 is 1.36 bits per heavy atom. The summed E-state index contributed by atoms with van der Waals surface area (Å²) in [6, 6.07) is 6.14. The van der Waals surface area contributed by atoms with Crippen molar-refractivity contribution < 1.29 is 13.9 Å². The molecule has 0 aliphatic rings. The summed E-state index contributed by atoms with van der Waals surface area (Å²) in [5.74, 6) is -2.91. The molecule has 0 aromatic heterocycles. The summed E-state index contributed by atoms with van der Waals surface area (Å²) in [4.78, 5) is 0. The van der Waals surface area contributed by atoms with Gasteiger partial charge in [0, 0.05) is 6.42 Å². The highest BCUT2D eigenvalue weighted by molar-refractivity contribution is 5.32. The van der Waals surface area contributed by atoms with Gasteiger partial charge in [0.1, 0.15) is 5.75 Å². The zero-order valence-electron chi connectivity index (χ0n) is 7.93. The molecule has 1 aromatic carbocycles. The zero-order valence-corrected chi connectivity index (χ0v) is 7.93. The molecule has 1 rings (SSSR count). The van der Waals surface area contributed by atoms with E-state index >= 15 is 0 Å². The van der Waals surface area contributed by atoms with E-state index in [0.717, 1.165) is 0 Å². The van der Waals surface area contributed by atoms with E-state index in [1.165, 1.54) is 19.2 Å². The van der Waals surface area contributed by atoms with Crippen LogP contribution in [0, 0.1) is 0 Å². The Morgan fingerprint density at radius 3 is 2.57 bits per heavy atom. The van der Waals surface area contributed by atoms with Gasteiger partial charge < -0.3 is 10.4 Å². The average Bonchev–Trinajstić information content (AvgIpc) is 2.08. The molecule has 78 valence electrons. The van der Waals surface area contributed by atoms with Crippen LogP contribution in [0.4, 0.5) is 8.78 Å². The number of phenolic OH excluding ortho intramolecular Hbond substituents is 1. The lowest BCUT2D eigenvalue weighted by Gasteiger charge is -2.16. The van der Waals surface area contributed by atoms with E-state index < -0.39 is 12.3 Å². The van der Waals surface area contributed by atoms with Crippen LogP contribution in [0.5, 0.6) is 5.75 Å². The van der Waals surface area contributed by atoms with Crippen molar-refractivity contribution in [3.8, 4) is 5.75 Å². The minimum Gasteiger partial charge on any atom is -0.508 e. The van der Waals surface area contributed by atoms with Crippen molar-refractivity contribution in [2.75, 3.05) is 13.6 Å². The molecule has 0 saturated heterocycles. The van der Waals surface area contributed by atoms with E-state index in [0.29, 0.717) is 0 Å². The Labute approximate surface area is 81.6 Å². The van der Waals surface area contributed by atoms with E-state index in [1.807, 2.05) is 0 Å². The number of phenols is 1. The Morgan fingerprint density at radius 2 is 2.00 bits per heavy atom. The van der Waals surface area contributed by atoms with Crippen molar-refractivity contribution in [1.82, 2.24) is 5.32 Å². The minimum atomic E-state index is -2.83. The lowest BCUT2D eigenvalue weighted by Crippen LogP contribution is -2.32. The highest BCUT2D eigenvalue weighted by Gasteiger charge is 2.29. The monoisotopic (exact) mass is 201 g/mol. The first-order valence-electron chi connectivity index (χ1n) is 4.34. The van der Waals surface area contributed by atoms with Crippen LogP contribution in [-0.4, -0.2) is 24.6 Å². The maximum absolute atomic E-state index is 13.1. The number of hydrogen-bond donors (Lipinski definition) is 2. The summed E-state index contributed by atoms with van der Waals surface area (Å²) in [5.41, 5.74) is 0.271. The smallest absolute Gasteiger partial charge is 0.264 e. The molecule has 0 aliphatic heterocycles. The Kier molecular flexibility index (Phi) is 3.41. The predicted octanol–water partition coefficient (Wildman–Crippen LogP) is 1.79. The third kappa shape index (κ3) is 2.96. The van der Waals surface area contributed by atoms with E-state index in [1.54, 1.807) is 12.1 Å². The standard InChI is InChI=1S/C10H13F2NO/c1-13-7-10(11,12)6-8-4-2-3-5-9(8)14/h2-5,13-14H,6-7H2,1H3. The summed E-state index contributed by atoms with van der Waals surface area (Å²) in [5, 5.41) is 11.7. The van der Waals surface area contributed by atoms with Crippen molar-refractivity contribution >= 4 is 0 Å². The van der Waals surface area contributed by atoms with Gasteiger partial charge in [0.15, 0.2) is 0 Å². The minimum absolute atomic E-state index is 0.0803. The molecule has 0 radical (unpaired) electrons. The molecule has 1 aromatic rings. The van der Waals surface area contributed by atoms with Gasteiger partial charge in [0.05, 0.1) is 6.54 Å². The third-order valence-corrected chi connectivity index (χ3v) is 1.88. The van der Waals surface area contributed by atoms with Crippen LogP contribution in [0.3, 0.4) is 0 Å². The molecule has 0 spiro atoms. The molecule has 0 atom stereocenters. The third-order valence-electron chi connectivity index (χ3n) is 1.88. The second kappa shape index (κ2) is 4.37. The fraction of sp³-hybridized carbons (Fsp3) is 0.400. The number of aromatic hydroxyl groups is 1. The molecule has 0 bridgehead atoms. The molecule has 2 nitrogen and oxygen atoms in total. The van der Waals surface area contributed by atoms with Gasteiger partial charge in [-0.05, 0) is 18.7 Å². The molecule has 0 aliphatic carbocycles. The number of alkyl halides is 2.